The Morgan fingerprint density at radius 1 is 1.37 bits per heavy atom. The molecule has 0 atom stereocenters. The monoisotopic (exact) mass is 261 g/mol. The van der Waals surface area contributed by atoms with Crippen molar-refractivity contribution in [1.82, 2.24) is 4.57 Å². The minimum atomic E-state index is -0.546. The molecule has 0 saturated carbocycles. The molecule has 1 heterocycles. The quantitative estimate of drug-likeness (QED) is 0.857. The summed E-state index contributed by atoms with van der Waals surface area (Å²) in [6.45, 7) is 7.32. The fraction of sp³-hybridized carbons (Fsp3) is 0.400. The number of benzene rings is 1. The Balaban J connectivity index is 2.58. The molecule has 0 unspecified atom stereocenters. The number of aliphatic hydroxyl groups is 1. The van der Waals surface area contributed by atoms with E-state index in [1.165, 1.54) is 4.57 Å². The fourth-order valence-corrected chi connectivity index (χ4v) is 2.11. The molecule has 0 aliphatic heterocycles. The Hall–Kier alpha value is -1.81. The minimum absolute atomic E-state index is 0.101. The van der Waals surface area contributed by atoms with Crippen LogP contribution >= 0.6 is 0 Å². The summed E-state index contributed by atoms with van der Waals surface area (Å²) in [5.41, 5.74) is 1.95. The molecule has 2 aromatic rings. The standard InChI is InChI=1S/C15H19NO3/c1-10-6-5-7-12-11(9-17)8-16(13(10)12)14(18)19-15(2,3)4/h5-8,17H,9H2,1-4H3. The van der Waals surface area contributed by atoms with Crippen LogP contribution in [0, 0.1) is 6.92 Å². The molecule has 102 valence electrons. The van der Waals surface area contributed by atoms with E-state index >= 15 is 0 Å². The lowest BCUT2D eigenvalue weighted by molar-refractivity contribution is 0.0544. The first kappa shape index (κ1) is 13.6. The van der Waals surface area contributed by atoms with Gasteiger partial charge in [-0.3, -0.25) is 4.57 Å². The lowest BCUT2D eigenvalue weighted by atomic mass is 10.1. The number of aliphatic hydroxyl groups excluding tert-OH is 1. The summed E-state index contributed by atoms with van der Waals surface area (Å²) in [4.78, 5) is 12.2. The average Bonchev–Trinajstić information content (AvgIpc) is 2.67. The number of para-hydroxylation sites is 1. The maximum atomic E-state index is 12.2. The smallest absolute Gasteiger partial charge is 0.419 e. The van der Waals surface area contributed by atoms with Crippen LogP contribution in [-0.4, -0.2) is 21.4 Å². The highest BCUT2D eigenvalue weighted by Gasteiger charge is 2.21. The van der Waals surface area contributed by atoms with Gasteiger partial charge < -0.3 is 9.84 Å². The number of ether oxygens (including phenoxy) is 1. The maximum absolute atomic E-state index is 12.2. The Morgan fingerprint density at radius 2 is 2.05 bits per heavy atom. The van der Waals surface area contributed by atoms with E-state index in [1.807, 2.05) is 45.9 Å². The summed E-state index contributed by atoms with van der Waals surface area (Å²) in [5, 5.41) is 10.3. The second-order valence-corrected chi connectivity index (χ2v) is 5.63. The van der Waals surface area contributed by atoms with Gasteiger partial charge in [0.05, 0.1) is 12.1 Å². The van der Waals surface area contributed by atoms with Crippen LogP contribution in [0.5, 0.6) is 0 Å². The highest BCUT2D eigenvalue weighted by Crippen LogP contribution is 2.25. The molecule has 1 N–H and O–H groups in total. The van der Waals surface area contributed by atoms with E-state index in [2.05, 4.69) is 0 Å². The summed E-state index contributed by atoms with van der Waals surface area (Å²) in [6, 6.07) is 5.75. The largest absolute Gasteiger partial charge is 0.443 e. The SMILES string of the molecule is Cc1cccc2c(CO)cn(C(=O)OC(C)(C)C)c12. The Labute approximate surface area is 112 Å². The number of rotatable bonds is 1. The van der Waals surface area contributed by atoms with Gasteiger partial charge in [0.1, 0.15) is 5.60 Å². The van der Waals surface area contributed by atoms with Crippen LogP contribution < -0.4 is 0 Å². The molecule has 1 aromatic heterocycles. The number of carbonyl (C=O) groups excluding carboxylic acids is 1. The molecule has 19 heavy (non-hydrogen) atoms. The summed E-state index contributed by atoms with van der Waals surface area (Å²) in [7, 11) is 0. The number of carbonyl (C=O) groups is 1. The van der Waals surface area contributed by atoms with Crippen molar-refractivity contribution < 1.29 is 14.6 Å². The molecule has 2 rings (SSSR count). The lowest BCUT2D eigenvalue weighted by Gasteiger charge is -2.20. The van der Waals surface area contributed by atoms with Crippen LogP contribution in [0.3, 0.4) is 0 Å². The van der Waals surface area contributed by atoms with Crippen molar-refractivity contribution in [3.05, 3.63) is 35.5 Å². The highest BCUT2D eigenvalue weighted by atomic mass is 16.6. The topological polar surface area (TPSA) is 51.5 Å². The average molecular weight is 261 g/mol. The molecule has 0 amide bonds. The minimum Gasteiger partial charge on any atom is -0.443 e. The molecular weight excluding hydrogens is 242 g/mol. The van der Waals surface area contributed by atoms with Gasteiger partial charge in [-0.15, -0.1) is 0 Å². The zero-order chi connectivity index (χ0) is 14.2. The Kier molecular flexibility index (Phi) is 3.37. The first-order chi connectivity index (χ1) is 8.83. The lowest BCUT2D eigenvalue weighted by Crippen LogP contribution is -2.26. The molecule has 4 nitrogen and oxygen atoms in total. The molecule has 0 aliphatic carbocycles. The number of nitrogens with zero attached hydrogens (tertiary/aromatic N) is 1. The number of aromatic nitrogens is 1. The van der Waals surface area contributed by atoms with Crippen molar-refractivity contribution in [2.45, 2.75) is 39.9 Å². The predicted octanol–water partition coefficient (Wildman–Crippen LogP) is 3.23. The third-order valence-electron chi connectivity index (χ3n) is 2.87. The molecule has 0 aliphatic rings. The molecule has 0 saturated heterocycles. The zero-order valence-corrected chi connectivity index (χ0v) is 11.7. The molecule has 4 heteroatoms. The second-order valence-electron chi connectivity index (χ2n) is 5.63. The summed E-state index contributed by atoms with van der Waals surface area (Å²) < 4.78 is 6.86. The fourth-order valence-electron chi connectivity index (χ4n) is 2.11. The number of hydrogen-bond donors (Lipinski definition) is 1. The maximum Gasteiger partial charge on any atom is 0.419 e. The van der Waals surface area contributed by atoms with E-state index < -0.39 is 11.7 Å². The van der Waals surface area contributed by atoms with E-state index in [0.29, 0.717) is 0 Å². The van der Waals surface area contributed by atoms with Gasteiger partial charge in [0.25, 0.3) is 0 Å². The molecule has 0 bridgehead atoms. The van der Waals surface area contributed by atoms with Crippen LogP contribution in [0.2, 0.25) is 0 Å². The van der Waals surface area contributed by atoms with E-state index in [4.69, 9.17) is 4.74 Å². The predicted molar refractivity (Wildman–Crippen MR) is 74.2 cm³/mol. The Bertz CT molecular complexity index is 620. The van der Waals surface area contributed by atoms with E-state index in [0.717, 1.165) is 22.0 Å². The third kappa shape index (κ3) is 2.63. The van der Waals surface area contributed by atoms with E-state index in [-0.39, 0.29) is 6.61 Å². The third-order valence-corrected chi connectivity index (χ3v) is 2.87. The molecule has 0 spiro atoms. The molecular formula is C15H19NO3. The van der Waals surface area contributed by atoms with Crippen LogP contribution in [0.15, 0.2) is 24.4 Å². The first-order valence-electron chi connectivity index (χ1n) is 6.27. The van der Waals surface area contributed by atoms with Crippen molar-refractivity contribution in [1.29, 1.82) is 0 Å². The van der Waals surface area contributed by atoms with Gasteiger partial charge >= 0.3 is 6.09 Å². The molecule has 1 aromatic carbocycles. The van der Waals surface area contributed by atoms with Gasteiger partial charge in [-0.25, -0.2) is 4.79 Å². The zero-order valence-electron chi connectivity index (χ0n) is 11.7. The van der Waals surface area contributed by atoms with Gasteiger partial charge in [-0.05, 0) is 33.3 Å². The van der Waals surface area contributed by atoms with Crippen LogP contribution in [0.25, 0.3) is 10.9 Å². The number of aryl methyl sites for hydroxylation is 1. The molecule has 0 radical (unpaired) electrons. The van der Waals surface area contributed by atoms with Crippen LogP contribution in [0.1, 0.15) is 31.9 Å². The summed E-state index contributed by atoms with van der Waals surface area (Å²) in [5.74, 6) is 0. The highest BCUT2D eigenvalue weighted by molar-refractivity contribution is 5.94. The molecule has 0 fully saturated rings. The number of hydrogen-bond acceptors (Lipinski definition) is 3. The van der Waals surface area contributed by atoms with Gasteiger partial charge in [0, 0.05) is 17.1 Å². The second kappa shape index (κ2) is 4.70. The van der Waals surface area contributed by atoms with Crippen molar-refractivity contribution in [2.75, 3.05) is 0 Å². The number of fused-ring (bicyclic) bond motifs is 1. The van der Waals surface area contributed by atoms with Crippen molar-refractivity contribution >= 4 is 17.0 Å². The Morgan fingerprint density at radius 3 is 2.63 bits per heavy atom. The van der Waals surface area contributed by atoms with Gasteiger partial charge in [0.2, 0.25) is 0 Å². The summed E-state index contributed by atoms with van der Waals surface area (Å²) in [6.07, 6.45) is 1.22. The van der Waals surface area contributed by atoms with Crippen molar-refractivity contribution in [2.24, 2.45) is 0 Å². The van der Waals surface area contributed by atoms with Crippen LogP contribution in [0.4, 0.5) is 4.79 Å². The van der Waals surface area contributed by atoms with Gasteiger partial charge in [0.15, 0.2) is 0 Å². The van der Waals surface area contributed by atoms with E-state index in [1.54, 1.807) is 6.20 Å². The van der Waals surface area contributed by atoms with Crippen molar-refractivity contribution in [3.8, 4) is 0 Å². The van der Waals surface area contributed by atoms with Gasteiger partial charge in [-0.1, -0.05) is 18.2 Å². The van der Waals surface area contributed by atoms with E-state index in [9.17, 15) is 9.90 Å². The summed E-state index contributed by atoms with van der Waals surface area (Å²) >= 11 is 0. The first-order valence-corrected chi connectivity index (χ1v) is 6.27. The van der Waals surface area contributed by atoms with Gasteiger partial charge in [-0.2, -0.15) is 0 Å². The van der Waals surface area contributed by atoms with Crippen LogP contribution in [-0.2, 0) is 11.3 Å². The van der Waals surface area contributed by atoms with Crippen molar-refractivity contribution in [3.63, 3.8) is 0 Å². The normalized spacial score (nSPS) is 11.8.